The molecule has 0 spiro atoms. The maximum atomic E-state index is 14.0. The molecule has 0 radical (unpaired) electrons. The Balaban J connectivity index is 1.24. The van der Waals surface area contributed by atoms with Crippen LogP contribution in [-0.2, 0) is 19.1 Å². The summed E-state index contributed by atoms with van der Waals surface area (Å²) in [5.41, 5.74) is 1.05. The van der Waals surface area contributed by atoms with Gasteiger partial charge in [-0.3, -0.25) is 14.4 Å². The first-order chi connectivity index (χ1) is 23.2. The molecule has 0 unspecified atom stereocenters. The van der Waals surface area contributed by atoms with Crippen molar-refractivity contribution in [3.8, 4) is 0 Å². The number of aliphatic hydroxyl groups is 1. The number of fused-ring (bicyclic) bond motifs is 7. The van der Waals surface area contributed by atoms with Crippen molar-refractivity contribution in [2.75, 3.05) is 13.2 Å². The summed E-state index contributed by atoms with van der Waals surface area (Å²) in [6, 6.07) is -0.0125. The largest absolute Gasteiger partial charge is 0.481 e. The molecule has 6 aliphatic rings. The van der Waals surface area contributed by atoms with E-state index in [-0.39, 0.29) is 70.5 Å². The predicted octanol–water partition coefficient (Wildman–Crippen LogP) is 8.82. The SMILES string of the molecule is C=C(C)[C@@H]1CC[C@]2(CC(=O)N3CCC[C@@H]3CO)CC[C@]3(C)[C@H](CC[C@@H]4[C@@]5(C)CC[C@H](OC(=O)CC(C)(C)CC(=O)O)C(C)(C)[C@@H]5CC[C@]43C)[C@@H]12. The van der Waals surface area contributed by atoms with Gasteiger partial charge in [-0.05, 0) is 141 Å². The fourth-order valence-electron chi connectivity index (χ4n) is 14.6. The molecular weight excluding hydrogens is 626 g/mol. The van der Waals surface area contributed by atoms with Gasteiger partial charge in [0.05, 0.1) is 25.5 Å². The predicted molar refractivity (Wildman–Crippen MR) is 196 cm³/mol. The van der Waals surface area contributed by atoms with Crippen molar-refractivity contribution in [1.29, 1.82) is 0 Å². The van der Waals surface area contributed by atoms with Crippen molar-refractivity contribution in [1.82, 2.24) is 4.90 Å². The number of hydrogen-bond donors (Lipinski definition) is 2. The van der Waals surface area contributed by atoms with E-state index in [0.29, 0.717) is 36.0 Å². The van der Waals surface area contributed by atoms with Gasteiger partial charge in [-0.25, -0.2) is 0 Å². The molecule has 7 nitrogen and oxygen atoms in total. The number of esters is 1. The second-order valence-electron chi connectivity index (χ2n) is 20.5. The maximum absolute atomic E-state index is 14.0. The molecule has 1 heterocycles. The fourth-order valence-corrected chi connectivity index (χ4v) is 14.6. The molecule has 6 rings (SSSR count). The Morgan fingerprint density at radius 3 is 2.24 bits per heavy atom. The van der Waals surface area contributed by atoms with Crippen molar-refractivity contribution in [3.05, 3.63) is 12.2 Å². The molecule has 0 aromatic heterocycles. The molecule has 0 aromatic rings. The molecule has 2 N–H and O–H groups in total. The van der Waals surface area contributed by atoms with E-state index in [4.69, 9.17) is 4.74 Å². The quantitative estimate of drug-likeness (QED) is 0.185. The molecule has 1 amide bonds. The first-order valence-corrected chi connectivity index (χ1v) is 20.2. The third kappa shape index (κ3) is 5.90. The number of rotatable bonds is 9. The first kappa shape index (κ1) is 37.9. The second-order valence-corrected chi connectivity index (χ2v) is 20.5. The summed E-state index contributed by atoms with van der Waals surface area (Å²) >= 11 is 0. The van der Waals surface area contributed by atoms with Crippen LogP contribution in [0.25, 0.3) is 0 Å². The lowest BCUT2D eigenvalue weighted by Crippen LogP contribution is -2.67. The van der Waals surface area contributed by atoms with E-state index in [1.807, 2.05) is 18.7 Å². The summed E-state index contributed by atoms with van der Waals surface area (Å²) in [6.07, 6.45) is 13.7. The Morgan fingerprint density at radius 1 is 0.860 bits per heavy atom. The van der Waals surface area contributed by atoms with Gasteiger partial charge in [0.15, 0.2) is 0 Å². The molecule has 11 atom stereocenters. The topological polar surface area (TPSA) is 104 Å². The van der Waals surface area contributed by atoms with Gasteiger partial charge in [-0.2, -0.15) is 0 Å². The molecule has 5 saturated carbocycles. The third-order valence-electron chi connectivity index (χ3n) is 17.1. The molecule has 7 heteroatoms. The van der Waals surface area contributed by atoms with E-state index in [1.165, 1.54) is 31.3 Å². The molecule has 1 saturated heterocycles. The van der Waals surface area contributed by atoms with Gasteiger partial charge >= 0.3 is 11.9 Å². The van der Waals surface area contributed by atoms with Gasteiger partial charge in [-0.15, -0.1) is 0 Å². The molecule has 6 fully saturated rings. The van der Waals surface area contributed by atoms with Crippen LogP contribution in [0.5, 0.6) is 0 Å². The Kier molecular flexibility index (Phi) is 9.77. The van der Waals surface area contributed by atoms with Crippen LogP contribution in [-0.4, -0.2) is 58.3 Å². The van der Waals surface area contributed by atoms with Crippen molar-refractivity contribution in [2.45, 2.75) is 164 Å². The highest BCUT2D eigenvalue weighted by atomic mass is 16.5. The Labute approximate surface area is 302 Å². The number of likely N-dealkylation sites (tertiary alicyclic amines) is 1. The third-order valence-corrected chi connectivity index (χ3v) is 17.1. The first-order valence-electron chi connectivity index (χ1n) is 20.2. The van der Waals surface area contributed by atoms with E-state index in [1.54, 1.807) is 0 Å². The minimum Gasteiger partial charge on any atom is -0.481 e. The number of aliphatic hydroxyl groups excluding tert-OH is 1. The Bertz CT molecular complexity index is 1370. The number of amides is 1. The Hall–Kier alpha value is -1.89. The van der Waals surface area contributed by atoms with Crippen molar-refractivity contribution in [2.24, 2.45) is 62.1 Å². The molecule has 0 aromatic carbocycles. The smallest absolute Gasteiger partial charge is 0.306 e. The normalized spacial score (nSPS) is 43.6. The average Bonchev–Trinajstić information content (AvgIpc) is 3.63. The van der Waals surface area contributed by atoms with Crippen molar-refractivity contribution in [3.63, 3.8) is 0 Å². The number of nitrogens with zero attached hydrogens (tertiary/aromatic N) is 1. The highest BCUT2D eigenvalue weighted by Crippen LogP contribution is 2.78. The number of hydrogen-bond acceptors (Lipinski definition) is 5. The van der Waals surface area contributed by atoms with Crippen LogP contribution in [0.3, 0.4) is 0 Å². The van der Waals surface area contributed by atoms with Crippen molar-refractivity contribution >= 4 is 17.8 Å². The molecule has 282 valence electrons. The number of allylic oxidation sites excluding steroid dienone is 1. The highest BCUT2D eigenvalue weighted by Gasteiger charge is 2.71. The molecule has 1 aliphatic heterocycles. The highest BCUT2D eigenvalue weighted by molar-refractivity contribution is 5.78. The number of ether oxygens (including phenoxy) is 1. The van der Waals surface area contributed by atoms with E-state index in [2.05, 4.69) is 48.1 Å². The number of carbonyl (C=O) groups is 3. The second kappa shape index (κ2) is 12.9. The number of carboxylic acid groups (broad SMARTS) is 1. The summed E-state index contributed by atoms with van der Waals surface area (Å²) in [7, 11) is 0. The van der Waals surface area contributed by atoms with Crippen LogP contribution in [0.4, 0.5) is 0 Å². The summed E-state index contributed by atoms with van der Waals surface area (Å²) in [5.74, 6) is 1.68. The van der Waals surface area contributed by atoms with Crippen LogP contribution in [0, 0.1) is 62.1 Å². The summed E-state index contributed by atoms with van der Waals surface area (Å²) in [5, 5.41) is 19.4. The van der Waals surface area contributed by atoms with Gasteiger partial charge in [0.2, 0.25) is 5.91 Å². The summed E-state index contributed by atoms with van der Waals surface area (Å²) < 4.78 is 6.27. The van der Waals surface area contributed by atoms with Crippen LogP contribution in [0.2, 0.25) is 0 Å². The molecule has 0 bridgehead atoms. The van der Waals surface area contributed by atoms with Gasteiger partial charge in [0, 0.05) is 18.4 Å². The summed E-state index contributed by atoms with van der Waals surface area (Å²) in [6.45, 7) is 23.8. The van der Waals surface area contributed by atoms with Crippen LogP contribution in [0.1, 0.15) is 152 Å². The summed E-state index contributed by atoms with van der Waals surface area (Å²) in [4.78, 5) is 40.7. The fraction of sp³-hybridized carbons (Fsp3) is 0.884. The van der Waals surface area contributed by atoms with Crippen LogP contribution in [0.15, 0.2) is 12.2 Å². The zero-order valence-corrected chi connectivity index (χ0v) is 32.7. The van der Waals surface area contributed by atoms with Gasteiger partial charge < -0.3 is 19.8 Å². The van der Waals surface area contributed by atoms with Crippen LogP contribution >= 0.6 is 0 Å². The Morgan fingerprint density at radius 2 is 1.58 bits per heavy atom. The van der Waals surface area contributed by atoms with Gasteiger partial charge in [0.1, 0.15) is 6.10 Å². The maximum Gasteiger partial charge on any atom is 0.306 e. The zero-order chi connectivity index (χ0) is 36.7. The number of carbonyl (C=O) groups excluding carboxylic acids is 2. The van der Waals surface area contributed by atoms with E-state index < -0.39 is 11.4 Å². The van der Waals surface area contributed by atoms with Gasteiger partial charge in [-0.1, -0.05) is 60.6 Å². The molecule has 50 heavy (non-hydrogen) atoms. The van der Waals surface area contributed by atoms with E-state index >= 15 is 0 Å². The minimum atomic E-state index is -0.885. The lowest BCUT2D eigenvalue weighted by Gasteiger charge is -2.73. The zero-order valence-electron chi connectivity index (χ0n) is 32.7. The average molecular weight is 696 g/mol. The van der Waals surface area contributed by atoms with E-state index in [9.17, 15) is 24.6 Å². The van der Waals surface area contributed by atoms with E-state index in [0.717, 1.165) is 57.9 Å². The lowest BCUT2D eigenvalue weighted by molar-refractivity contribution is -0.250. The monoisotopic (exact) mass is 696 g/mol. The van der Waals surface area contributed by atoms with Crippen molar-refractivity contribution < 1.29 is 29.3 Å². The minimum absolute atomic E-state index is 0.0125. The molecular formula is C43H69NO6. The number of aliphatic carboxylic acids is 1. The standard InChI is InChI=1S/C43H69NO6/c1-27(2)29-14-19-43(23-34(46)44-22-10-11-28(44)26-45)21-20-41(8)30(37(29)43)12-13-32-40(7)17-16-33(39(5,6)31(40)15-18-42(32,41)9)50-36(49)25-38(3,4)24-35(47)48/h28-33,37,45H,1,10-26H2,2-9H3,(H,47,48)/t28-,29+,30-,31+,32-,33+,37-,40+,41-,42-,43-/m1/s1. The van der Waals surface area contributed by atoms with Gasteiger partial charge in [0.25, 0.3) is 0 Å². The lowest BCUT2D eigenvalue weighted by atomic mass is 9.32. The van der Waals surface area contributed by atoms with Crippen LogP contribution < -0.4 is 0 Å². The number of carboxylic acids is 1. The molecule has 5 aliphatic carbocycles.